The summed E-state index contributed by atoms with van der Waals surface area (Å²) in [6, 6.07) is 6.76. The van der Waals surface area contributed by atoms with E-state index < -0.39 is 12.0 Å². The molecular formula is C19H26N2O5. The van der Waals surface area contributed by atoms with Gasteiger partial charge in [0.25, 0.3) is 5.91 Å². The summed E-state index contributed by atoms with van der Waals surface area (Å²) in [5.41, 5.74) is 1.05. The van der Waals surface area contributed by atoms with Crippen molar-refractivity contribution in [2.75, 3.05) is 26.8 Å². The topological polar surface area (TPSA) is 84.9 Å². The Morgan fingerprint density at radius 1 is 1.35 bits per heavy atom. The fourth-order valence-corrected chi connectivity index (χ4v) is 2.92. The second kappa shape index (κ2) is 9.22. The lowest BCUT2D eigenvalue weighted by molar-refractivity contribution is -0.151. The van der Waals surface area contributed by atoms with E-state index in [1.54, 1.807) is 0 Å². The van der Waals surface area contributed by atoms with Crippen LogP contribution in [0.1, 0.15) is 38.2 Å². The number of amides is 2. The van der Waals surface area contributed by atoms with E-state index in [-0.39, 0.29) is 24.8 Å². The molecule has 26 heavy (non-hydrogen) atoms. The third-order valence-corrected chi connectivity index (χ3v) is 4.65. The Labute approximate surface area is 153 Å². The first kappa shape index (κ1) is 19.8. The van der Waals surface area contributed by atoms with Crippen LogP contribution in [0.4, 0.5) is 0 Å². The van der Waals surface area contributed by atoms with Crippen molar-refractivity contribution >= 4 is 17.8 Å². The Hall–Kier alpha value is -2.57. The van der Waals surface area contributed by atoms with Crippen LogP contribution in [0.5, 0.6) is 5.75 Å². The molecule has 142 valence electrons. The van der Waals surface area contributed by atoms with E-state index in [2.05, 4.69) is 23.9 Å². The predicted molar refractivity (Wildman–Crippen MR) is 95.8 cm³/mol. The molecule has 1 saturated heterocycles. The summed E-state index contributed by atoms with van der Waals surface area (Å²) in [7, 11) is 1.25. The van der Waals surface area contributed by atoms with E-state index in [0.29, 0.717) is 24.8 Å². The van der Waals surface area contributed by atoms with Gasteiger partial charge in [0.15, 0.2) is 6.61 Å². The number of hydrogen-bond acceptors (Lipinski definition) is 5. The van der Waals surface area contributed by atoms with Gasteiger partial charge in [0, 0.05) is 13.1 Å². The molecule has 0 unspecified atom stereocenters. The Morgan fingerprint density at radius 2 is 2.08 bits per heavy atom. The highest BCUT2D eigenvalue weighted by molar-refractivity contribution is 5.92. The summed E-state index contributed by atoms with van der Waals surface area (Å²) in [5.74, 6) is -0.231. The summed E-state index contributed by atoms with van der Waals surface area (Å²) < 4.78 is 10.4. The van der Waals surface area contributed by atoms with Crippen LogP contribution in [0.15, 0.2) is 24.3 Å². The van der Waals surface area contributed by atoms with Gasteiger partial charge in [-0.25, -0.2) is 0 Å². The van der Waals surface area contributed by atoms with Gasteiger partial charge in [-0.1, -0.05) is 32.0 Å². The number of rotatable bonds is 7. The van der Waals surface area contributed by atoms with E-state index in [4.69, 9.17) is 4.74 Å². The molecule has 1 aliphatic rings. The van der Waals surface area contributed by atoms with E-state index >= 15 is 0 Å². The van der Waals surface area contributed by atoms with E-state index in [0.717, 1.165) is 12.0 Å². The number of para-hydroxylation sites is 1. The van der Waals surface area contributed by atoms with Crippen molar-refractivity contribution in [3.05, 3.63) is 29.8 Å². The smallest absolute Gasteiger partial charge is 0.308 e. The van der Waals surface area contributed by atoms with Crippen LogP contribution in [0.2, 0.25) is 0 Å². The molecule has 2 rings (SSSR count). The van der Waals surface area contributed by atoms with Crippen LogP contribution in [0, 0.1) is 0 Å². The lowest BCUT2D eigenvalue weighted by atomic mass is 9.98. The third-order valence-electron chi connectivity index (χ3n) is 4.65. The summed E-state index contributed by atoms with van der Waals surface area (Å²) in [6.45, 7) is 4.70. The fraction of sp³-hybridized carbons (Fsp3) is 0.526. The molecule has 0 aliphatic carbocycles. The van der Waals surface area contributed by atoms with Crippen LogP contribution in [0.25, 0.3) is 0 Å². The van der Waals surface area contributed by atoms with Gasteiger partial charge in [0.1, 0.15) is 11.8 Å². The summed E-state index contributed by atoms with van der Waals surface area (Å²) >= 11 is 0. The highest BCUT2D eigenvalue weighted by atomic mass is 16.5. The molecule has 0 spiro atoms. The number of carbonyl (C=O) groups excluding carboxylic acids is 3. The van der Waals surface area contributed by atoms with Crippen molar-refractivity contribution in [1.82, 2.24) is 10.2 Å². The number of piperazine rings is 1. The second-order valence-electron chi connectivity index (χ2n) is 6.31. The van der Waals surface area contributed by atoms with Gasteiger partial charge in [0.2, 0.25) is 5.91 Å². The summed E-state index contributed by atoms with van der Waals surface area (Å²) in [5, 5.41) is 2.67. The minimum atomic E-state index is -0.864. The maximum atomic E-state index is 12.6. The number of benzene rings is 1. The highest BCUT2D eigenvalue weighted by Gasteiger charge is 2.35. The highest BCUT2D eigenvalue weighted by Crippen LogP contribution is 2.28. The molecule has 2 amide bonds. The van der Waals surface area contributed by atoms with E-state index in [1.807, 2.05) is 24.3 Å². The zero-order valence-corrected chi connectivity index (χ0v) is 15.5. The molecular weight excluding hydrogens is 336 g/mol. The molecule has 7 heteroatoms. The van der Waals surface area contributed by atoms with Crippen LogP contribution in [-0.4, -0.2) is 55.5 Å². The quantitative estimate of drug-likeness (QED) is 0.743. The summed E-state index contributed by atoms with van der Waals surface area (Å²) in [4.78, 5) is 37.6. The molecule has 0 bridgehead atoms. The number of esters is 1. The van der Waals surface area contributed by atoms with Crippen molar-refractivity contribution < 1.29 is 23.9 Å². The lowest BCUT2D eigenvalue weighted by Crippen LogP contribution is -2.58. The second-order valence-corrected chi connectivity index (χ2v) is 6.31. The normalized spacial score (nSPS) is 18.0. The third kappa shape index (κ3) is 4.74. The van der Waals surface area contributed by atoms with Crippen molar-refractivity contribution in [3.63, 3.8) is 0 Å². The van der Waals surface area contributed by atoms with Gasteiger partial charge in [-0.15, -0.1) is 0 Å². The van der Waals surface area contributed by atoms with Crippen LogP contribution >= 0.6 is 0 Å². The molecule has 0 aromatic heterocycles. The van der Waals surface area contributed by atoms with E-state index in [1.165, 1.54) is 12.0 Å². The number of hydrogen-bond donors (Lipinski definition) is 1. The Balaban J connectivity index is 2.06. The van der Waals surface area contributed by atoms with Crippen molar-refractivity contribution in [3.8, 4) is 5.75 Å². The average Bonchev–Trinajstić information content (AvgIpc) is 2.67. The van der Waals surface area contributed by atoms with Gasteiger partial charge >= 0.3 is 5.97 Å². The van der Waals surface area contributed by atoms with Crippen LogP contribution in [-0.2, 0) is 19.1 Å². The fourth-order valence-electron chi connectivity index (χ4n) is 2.92. The van der Waals surface area contributed by atoms with Gasteiger partial charge in [0.05, 0.1) is 13.5 Å². The zero-order valence-electron chi connectivity index (χ0n) is 15.5. The molecule has 0 saturated carbocycles. The number of nitrogens with zero attached hydrogens (tertiary/aromatic N) is 1. The van der Waals surface area contributed by atoms with Crippen LogP contribution in [0.3, 0.4) is 0 Å². The molecule has 1 aromatic rings. The first-order valence-corrected chi connectivity index (χ1v) is 8.83. The first-order chi connectivity index (χ1) is 12.5. The Kier molecular flexibility index (Phi) is 7.00. The van der Waals surface area contributed by atoms with Gasteiger partial charge in [-0.05, 0) is 24.0 Å². The number of nitrogens with one attached hydrogen (secondary N) is 1. The molecule has 0 radical (unpaired) electrons. The molecule has 1 aromatic carbocycles. The van der Waals surface area contributed by atoms with Gasteiger partial charge in [-0.2, -0.15) is 0 Å². The Bertz CT molecular complexity index is 661. The zero-order chi connectivity index (χ0) is 19.1. The monoisotopic (exact) mass is 362 g/mol. The predicted octanol–water partition coefficient (Wildman–Crippen LogP) is 1.47. The van der Waals surface area contributed by atoms with Crippen LogP contribution < -0.4 is 10.1 Å². The lowest BCUT2D eigenvalue weighted by Gasteiger charge is -2.34. The minimum Gasteiger partial charge on any atom is -0.483 e. The molecule has 2 atom stereocenters. The number of ether oxygens (including phenoxy) is 2. The van der Waals surface area contributed by atoms with Crippen molar-refractivity contribution in [2.24, 2.45) is 0 Å². The molecule has 1 N–H and O–H groups in total. The SMILES string of the molecule is CC[C@@H](C)c1ccccc1OCC(=O)N1CCNC(=O)[C@H]1CC(=O)OC. The van der Waals surface area contributed by atoms with E-state index in [9.17, 15) is 14.4 Å². The molecule has 1 heterocycles. The Morgan fingerprint density at radius 3 is 2.77 bits per heavy atom. The molecule has 7 nitrogen and oxygen atoms in total. The first-order valence-electron chi connectivity index (χ1n) is 8.83. The number of methoxy groups -OCH3 is 1. The van der Waals surface area contributed by atoms with Crippen molar-refractivity contribution in [1.29, 1.82) is 0 Å². The molecule has 1 fully saturated rings. The maximum Gasteiger partial charge on any atom is 0.308 e. The van der Waals surface area contributed by atoms with Crippen molar-refractivity contribution in [2.45, 2.75) is 38.6 Å². The average molecular weight is 362 g/mol. The largest absolute Gasteiger partial charge is 0.483 e. The maximum absolute atomic E-state index is 12.6. The standard InChI is InChI=1S/C19H26N2O5/c1-4-13(2)14-7-5-6-8-16(14)26-12-17(22)21-10-9-20-19(24)15(21)11-18(23)25-3/h5-8,13,15H,4,9-12H2,1-3H3,(H,20,24)/t13-,15-/m1/s1. The minimum absolute atomic E-state index is 0.169. The summed E-state index contributed by atoms with van der Waals surface area (Å²) in [6.07, 6.45) is 0.791. The van der Waals surface area contributed by atoms with Gasteiger partial charge < -0.3 is 19.7 Å². The molecule has 1 aliphatic heterocycles. The number of carbonyl (C=O) groups is 3. The van der Waals surface area contributed by atoms with Gasteiger partial charge in [-0.3, -0.25) is 14.4 Å².